The molecule has 0 saturated heterocycles. The number of para-hydroxylation sites is 1. The monoisotopic (exact) mass is 470 g/mol. The average Bonchev–Trinajstić information content (AvgIpc) is 3.47. The second-order valence-electron chi connectivity index (χ2n) is 7.56. The maximum absolute atomic E-state index is 12.5. The van der Waals surface area contributed by atoms with Crippen LogP contribution in [-0.4, -0.2) is 10.9 Å². The van der Waals surface area contributed by atoms with Crippen LogP contribution in [0.4, 0.5) is 5.69 Å². The van der Waals surface area contributed by atoms with Gasteiger partial charge in [-0.3, -0.25) is 4.79 Å². The number of nitrogens with zero attached hydrogens (tertiary/aromatic N) is 1. The van der Waals surface area contributed by atoms with Crippen molar-refractivity contribution in [1.29, 1.82) is 0 Å². The topological polar surface area (TPSA) is 55.1 Å². The molecule has 0 aliphatic heterocycles. The second-order valence-corrected chi connectivity index (χ2v) is 8.99. The summed E-state index contributed by atoms with van der Waals surface area (Å²) in [5.74, 6) is 1.04. The Balaban J connectivity index is 1.28. The number of nitrogens with one attached hydrogen (secondary N) is 1. The van der Waals surface area contributed by atoms with Crippen molar-refractivity contribution in [3.8, 4) is 21.9 Å². The molecule has 0 atom stereocenters. The van der Waals surface area contributed by atoms with E-state index in [1.54, 1.807) is 17.4 Å². The summed E-state index contributed by atoms with van der Waals surface area (Å²) in [5.41, 5.74) is 4.54. The molecule has 0 fully saturated rings. The van der Waals surface area contributed by atoms with Crippen LogP contribution in [0.3, 0.4) is 0 Å². The summed E-state index contributed by atoms with van der Waals surface area (Å²) >= 11 is 7.84. The van der Waals surface area contributed by atoms with E-state index in [-0.39, 0.29) is 5.91 Å². The fraction of sp³-hybridized carbons (Fsp3) is 0.0370. The SMILES string of the molecule is Cc1ccc(-c2ccc(/C=C/C(=O)Nc3cccc(-c4nc5ccccc5s4)c3)o2)cc1Cl. The van der Waals surface area contributed by atoms with Crippen LogP contribution in [0.15, 0.2) is 89.4 Å². The van der Waals surface area contributed by atoms with Crippen LogP contribution in [0.5, 0.6) is 0 Å². The van der Waals surface area contributed by atoms with Crippen molar-refractivity contribution in [3.05, 3.63) is 101 Å². The molecule has 2 heterocycles. The lowest BCUT2D eigenvalue weighted by molar-refractivity contribution is -0.111. The highest BCUT2D eigenvalue weighted by molar-refractivity contribution is 7.21. The number of halogens is 1. The van der Waals surface area contributed by atoms with Gasteiger partial charge < -0.3 is 9.73 Å². The van der Waals surface area contributed by atoms with E-state index in [1.165, 1.54) is 6.08 Å². The summed E-state index contributed by atoms with van der Waals surface area (Å²) in [5, 5.41) is 4.51. The van der Waals surface area contributed by atoms with Crippen molar-refractivity contribution >= 4 is 50.8 Å². The number of carbonyl (C=O) groups excluding carboxylic acids is 1. The Kier molecular flexibility index (Phi) is 5.82. The molecule has 0 bridgehead atoms. The summed E-state index contributed by atoms with van der Waals surface area (Å²) in [4.78, 5) is 17.2. The smallest absolute Gasteiger partial charge is 0.248 e. The molecule has 5 rings (SSSR count). The minimum atomic E-state index is -0.243. The Bertz CT molecular complexity index is 1470. The molecule has 0 unspecified atom stereocenters. The summed E-state index contributed by atoms with van der Waals surface area (Å²) in [7, 11) is 0. The number of furan rings is 1. The first-order chi connectivity index (χ1) is 16.0. The van der Waals surface area contributed by atoms with Gasteiger partial charge in [0.25, 0.3) is 0 Å². The largest absolute Gasteiger partial charge is 0.457 e. The van der Waals surface area contributed by atoms with Crippen LogP contribution >= 0.6 is 22.9 Å². The van der Waals surface area contributed by atoms with E-state index < -0.39 is 0 Å². The Hall–Kier alpha value is -3.67. The number of amides is 1. The van der Waals surface area contributed by atoms with Gasteiger partial charge >= 0.3 is 0 Å². The number of hydrogen-bond acceptors (Lipinski definition) is 4. The van der Waals surface area contributed by atoms with E-state index in [2.05, 4.69) is 16.4 Å². The van der Waals surface area contributed by atoms with Crippen molar-refractivity contribution in [1.82, 2.24) is 4.98 Å². The summed E-state index contributed by atoms with van der Waals surface area (Å²) in [6, 6.07) is 25.2. The molecule has 0 aliphatic rings. The number of thiazole rings is 1. The molecule has 33 heavy (non-hydrogen) atoms. The van der Waals surface area contributed by atoms with Gasteiger partial charge in [0.1, 0.15) is 16.5 Å². The average molecular weight is 471 g/mol. The fourth-order valence-corrected chi connectivity index (χ4v) is 4.55. The van der Waals surface area contributed by atoms with E-state index in [0.29, 0.717) is 22.2 Å². The Labute approximate surface area is 200 Å². The highest BCUT2D eigenvalue weighted by atomic mass is 35.5. The number of aryl methyl sites for hydroxylation is 1. The van der Waals surface area contributed by atoms with Crippen LogP contribution in [0, 0.1) is 6.92 Å². The molecule has 4 nitrogen and oxygen atoms in total. The zero-order valence-corrected chi connectivity index (χ0v) is 19.3. The minimum Gasteiger partial charge on any atom is -0.457 e. The van der Waals surface area contributed by atoms with Gasteiger partial charge in [-0.1, -0.05) is 48.0 Å². The number of benzene rings is 3. The Morgan fingerprint density at radius 1 is 1.00 bits per heavy atom. The number of hydrogen-bond donors (Lipinski definition) is 1. The number of fused-ring (bicyclic) bond motifs is 1. The highest BCUT2D eigenvalue weighted by Gasteiger charge is 2.08. The predicted octanol–water partition coefficient (Wildman–Crippen LogP) is 7.84. The Morgan fingerprint density at radius 3 is 2.73 bits per heavy atom. The molecule has 0 spiro atoms. The van der Waals surface area contributed by atoms with Crippen LogP contribution in [0.25, 0.3) is 38.2 Å². The van der Waals surface area contributed by atoms with E-state index in [0.717, 1.165) is 31.9 Å². The van der Waals surface area contributed by atoms with Crippen LogP contribution in [0.2, 0.25) is 5.02 Å². The zero-order chi connectivity index (χ0) is 22.8. The van der Waals surface area contributed by atoms with Gasteiger partial charge in [0.15, 0.2) is 0 Å². The maximum Gasteiger partial charge on any atom is 0.248 e. The van der Waals surface area contributed by atoms with Gasteiger partial charge in [-0.05, 0) is 61.0 Å². The van der Waals surface area contributed by atoms with Gasteiger partial charge in [-0.15, -0.1) is 11.3 Å². The number of rotatable bonds is 5. The highest BCUT2D eigenvalue weighted by Crippen LogP contribution is 2.31. The van der Waals surface area contributed by atoms with Crippen molar-refractivity contribution < 1.29 is 9.21 Å². The van der Waals surface area contributed by atoms with Crippen LogP contribution in [0.1, 0.15) is 11.3 Å². The molecule has 1 N–H and O–H groups in total. The lowest BCUT2D eigenvalue weighted by Gasteiger charge is -2.04. The Morgan fingerprint density at radius 2 is 1.88 bits per heavy atom. The molecule has 2 aromatic heterocycles. The van der Waals surface area contributed by atoms with E-state index in [9.17, 15) is 4.79 Å². The fourth-order valence-electron chi connectivity index (χ4n) is 3.41. The van der Waals surface area contributed by atoms with E-state index in [1.807, 2.05) is 79.7 Å². The third-order valence-electron chi connectivity index (χ3n) is 5.15. The molecule has 162 valence electrons. The molecule has 5 aromatic rings. The first kappa shape index (κ1) is 21.2. The number of carbonyl (C=O) groups is 1. The summed E-state index contributed by atoms with van der Waals surface area (Å²) in [6.07, 6.45) is 3.10. The molecular formula is C27H19ClN2O2S. The molecular weight excluding hydrogens is 452 g/mol. The van der Waals surface area contributed by atoms with Gasteiger partial charge in [-0.25, -0.2) is 4.98 Å². The van der Waals surface area contributed by atoms with Gasteiger partial charge in [0.2, 0.25) is 5.91 Å². The van der Waals surface area contributed by atoms with Crippen molar-refractivity contribution in [2.75, 3.05) is 5.32 Å². The number of aromatic nitrogens is 1. The third-order valence-corrected chi connectivity index (χ3v) is 6.65. The predicted molar refractivity (Wildman–Crippen MR) is 137 cm³/mol. The van der Waals surface area contributed by atoms with Gasteiger partial charge in [-0.2, -0.15) is 0 Å². The third kappa shape index (κ3) is 4.75. The van der Waals surface area contributed by atoms with Crippen LogP contribution < -0.4 is 5.32 Å². The molecule has 0 saturated carbocycles. The first-order valence-corrected chi connectivity index (χ1v) is 11.6. The van der Waals surface area contributed by atoms with Crippen molar-refractivity contribution in [3.63, 3.8) is 0 Å². The number of anilines is 1. The summed E-state index contributed by atoms with van der Waals surface area (Å²) < 4.78 is 6.97. The second kappa shape index (κ2) is 9.06. The quantitative estimate of drug-likeness (QED) is 0.266. The van der Waals surface area contributed by atoms with Crippen molar-refractivity contribution in [2.24, 2.45) is 0 Å². The van der Waals surface area contributed by atoms with E-state index >= 15 is 0 Å². The summed E-state index contributed by atoms with van der Waals surface area (Å²) in [6.45, 7) is 1.95. The van der Waals surface area contributed by atoms with Crippen LogP contribution in [-0.2, 0) is 4.79 Å². The normalized spacial score (nSPS) is 11.3. The molecule has 6 heteroatoms. The van der Waals surface area contributed by atoms with Crippen molar-refractivity contribution in [2.45, 2.75) is 6.92 Å². The van der Waals surface area contributed by atoms with Gasteiger partial charge in [0, 0.05) is 27.9 Å². The lowest BCUT2D eigenvalue weighted by atomic mass is 10.1. The molecule has 0 radical (unpaired) electrons. The maximum atomic E-state index is 12.5. The standard InChI is InChI=1S/C27H19ClN2O2S/c1-17-9-10-18(16-22(17)28)24-13-11-21(32-24)12-14-26(31)29-20-6-4-5-19(15-20)27-30-23-7-2-3-8-25(23)33-27/h2-16H,1H3,(H,29,31)/b14-12+. The van der Waals surface area contributed by atoms with E-state index in [4.69, 9.17) is 16.0 Å². The first-order valence-electron chi connectivity index (χ1n) is 10.4. The zero-order valence-electron chi connectivity index (χ0n) is 17.7. The molecule has 1 amide bonds. The molecule has 0 aliphatic carbocycles. The lowest BCUT2D eigenvalue weighted by Crippen LogP contribution is -2.07. The van der Waals surface area contributed by atoms with Gasteiger partial charge in [0.05, 0.1) is 10.2 Å². The molecule has 3 aromatic carbocycles. The minimum absolute atomic E-state index is 0.243.